The maximum absolute atomic E-state index is 11.2. The molecule has 1 fully saturated rings. The number of hydrogen-bond acceptors (Lipinski definition) is 4. The Kier molecular flexibility index (Phi) is 4.63. The molecular formula is C14H22N4O. The van der Waals surface area contributed by atoms with Gasteiger partial charge in [0.2, 0.25) is 0 Å². The number of anilines is 2. The summed E-state index contributed by atoms with van der Waals surface area (Å²) in [4.78, 5) is 13.7. The molecule has 0 aromatic heterocycles. The van der Waals surface area contributed by atoms with Gasteiger partial charge in [-0.05, 0) is 44.1 Å². The molecule has 5 nitrogen and oxygen atoms in total. The standard InChI is InChI=1S/C14H22N4O/c15-13-5-4-11(10-12(13)14(16)19)17-6-9-18-7-2-1-3-8-18/h4-5,10,17H,1-3,6-9,15H2,(H2,16,19). The van der Waals surface area contributed by atoms with Crippen molar-refractivity contribution in [3.05, 3.63) is 23.8 Å². The van der Waals surface area contributed by atoms with Crippen LogP contribution >= 0.6 is 0 Å². The largest absolute Gasteiger partial charge is 0.398 e. The summed E-state index contributed by atoms with van der Waals surface area (Å²) in [6, 6.07) is 5.30. The third kappa shape index (κ3) is 3.86. The van der Waals surface area contributed by atoms with Gasteiger partial charge in [-0.3, -0.25) is 4.79 Å². The fraction of sp³-hybridized carbons (Fsp3) is 0.500. The lowest BCUT2D eigenvalue weighted by Crippen LogP contribution is -2.33. The van der Waals surface area contributed by atoms with Gasteiger partial charge in [-0.15, -0.1) is 0 Å². The minimum absolute atomic E-state index is 0.378. The molecule has 0 aliphatic carbocycles. The van der Waals surface area contributed by atoms with Crippen LogP contribution in [0.3, 0.4) is 0 Å². The van der Waals surface area contributed by atoms with Crippen molar-refractivity contribution in [2.45, 2.75) is 19.3 Å². The van der Waals surface area contributed by atoms with Gasteiger partial charge in [0.05, 0.1) is 5.56 Å². The zero-order valence-electron chi connectivity index (χ0n) is 11.2. The molecule has 0 bridgehead atoms. The Hall–Kier alpha value is -1.75. The molecule has 1 heterocycles. The molecule has 0 saturated carbocycles. The van der Waals surface area contributed by atoms with E-state index in [9.17, 15) is 4.79 Å². The topological polar surface area (TPSA) is 84.4 Å². The number of nitrogens with one attached hydrogen (secondary N) is 1. The first-order valence-electron chi connectivity index (χ1n) is 6.82. The summed E-state index contributed by atoms with van der Waals surface area (Å²) in [6.45, 7) is 4.27. The van der Waals surface area contributed by atoms with Crippen molar-refractivity contribution < 1.29 is 4.79 Å². The lowest BCUT2D eigenvalue weighted by molar-refractivity contribution is 0.100. The second-order valence-corrected chi connectivity index (χ2v) is 5.00. The van der Waals surface area contributed by atoms with Crippen molar-refractivity contribution in [2.75, 3.05) is 37.2 Å². The van der Waals surface area contributed by atoms with E-state index < -0.39 is 5.91 Å². The van der Waals surface area contributed by atoms with Crippen LogP contribution in [0.1, 0.15) is 29.6 Å². The summed E-state index contributed by atoms with van der Waals surface area (Å²) >= 11 is 0. The number of nitrogens with two attached hydrogens (primary N) is 2. The number of amides is 1. The van der Waals surface area contributed by atoms with Crippen LogP contribution in [-0.2, 0) is 0 Å². The van der Waals surface area contributed by atoms with Crippen LogP contribution in [-0.4, -0.2) is 37.0 Å². The number of nitrogen functional groups attached to an aromatic ring is 1. The summed E-state index contributed by atoms with van der Waals surface area (Å²) < 4.78 is 0. The van der Waals surface area contributed by atoms with E-state index >= 15 is 0 Å². The number of nitrogens with zero attached hydrogens (tertiary/aromatic N) is 1. The third-order valence-corrected chi connectivity index (χ3v) is 3.52. The SMILES string of the molecule is NC(=O)c1cc(NCCN2CCCCC2)ccc1N. The van der Waals surface area contributed by atoms with E-state index in [-0.39, 0.29) is 0 Å². The normalized spacial score (nSPS) is 16.2. The smallest absolute Gasteiger partial charge is 0.250 e. The molecule has 0 radical (unpaired) electrons. The van der Waals surface area contributed by atoms with Crippen LogP contribution < -0.4 is 16.8 Å². The van der Waals surface area contributed by atoms with Crippen LogP contribution in [0.15, 0.2) is 18.2 Å². The van der Waals surface area contributed by atoms with E-state index in [1.54, 1.807) is 12.1 Å². The highest BCUT2D eigenvalue weighted by atomic mass is 16.1. The molecule has 104 valence electrons. The van der Waals surface area contributed by atoms with Gasteiger partial charge >= 0.3 is 0 Å². The van der Waals surface area contributed by atoms with Gasteiger partial charge in [-0.2, -0.15) is 0 Å². The average molecular weight is 262 g/mol. The van der Waals surface area contributed by atoms with E-state index in [0.29, 0.717) is 11.3 Å². The second-order valence-electron chi connectivity index (χ2n) is 5.00. The minimum Gasteiger partial charge on any atom is -0.398 e. The van der Waals surface area contributed by atoms with Gasteiger partial charge in [0.15, 0.2) is 0 Å². The van der Waals surface area contributed by atoms with E-state index in [1.165, 1.54) is 32.4 Å². The first-order chi connectivity index (χ1) is 9.16. The molecule has 5 heteroatoms. The first kappa shape index (κ1) is 13.7. The number of primary amides is 1. The van der Waals surface area contributed by atoms with E-state index in [1.807, 2.05) is 6.07 Å². The van der Waals surface area contributed by atoms with Crippen molar-refractivity contribution >= 4 is 17.3 Å². The van der Waals surface area contributed by atoms with Crippen LogP contribution in [0.5, 0.6) is 0 Å². The maximum Gasteiger partial charge on any atom is 0.250 e. The molecule has 0 spiro atoms. The van der Waals surface area contributed by atoms with Gasteiger partial charge in [0.1, 0.15) is 0 Å². The highest BCUT2D eigenvalue weighted by molar-refractivity contribution is 5.98. The first-order valence-corrected chi connectivity index (χ1v) is 6.82. The van der Waals surface area contributed by atoms with Gasteiger partial charge in [0, 0.05) is 24.5 Å². The van der Waals surface area contributed by atoms with Crippen LogP contribution in [0.4, 0.5) is 11.4 Å². The number of carbonyl (C=O) groups is 1. The lowest BCUT2D eigenvalue weighted by atomic mass is 10.1. The number of rotatable bonds is 5. The lowest BCUT2D eigenvalue weighted by Gasteiger charge is -2.26. The summed E-state index contributed by atoms with van der Waals surface area (Å²) in [5.41, 5.74) is 12.7. The molecule has 5 N–H and O–H groups in total. The minimum atomic E-state index is -0.489. The molecule has 1 aromatic rings. The summed E-state index contributed by atoms with van der Waals surface area (Å²) in [5, 5.41) is 3.31. The summed E-state index contributed by atoms with van der Waals surface area (Å²) in [5.74, 6) is -0.489. The molecule has 2 rings (SSSR count). The van der Waals surface area contributed by atoms with Gasteiger partial charge in [0.25, 0.3) is 5.91 Å². The molecule has 1 aliphatic rings. The maximum atomic E-state index is 11.2. The third-order valence-electron chi connectivity index (χ3n) is 3.52. The zero-order valence-corrected chi connectivity index (χ0v) is 11.2. The Morgan fingerprint density at radius 1 is 1.26 bits per heavy atom. The molecular weight excluding hydrogens is 240 g/mol. The fourth-order valence-electron chi connectivity index (χ4n) is 2.42. The van der Waals surface area contributed by atoms with Crippen LogP contribution in [0, 0.1) is 0 Å². The highest BCUT2D eigenvalue weighted by Gasteiger charge is 2.10. The van der Waals surface area contributed by atoms with Gasteiger partial charge in [-0.25, -0.2) is 0 Å². The van der Waals surface area contributed by atoms with E-state index in [4.69, 9.17) is 11.5 Å². The number of carbonyl (C=O) groups excluding carboxylic acids is 1. The number of piperidine rings is 1. The predicted octanol–water partition coefficient (Wildman–Crippen LogP) is 1.27. The predicted molar refractivity (Wildman–Crippen MR) is 78.2 cm³/mol. The van der Waals surface area contributed by atoms with E-state index in [0.717, 1.165) is 18.8 Å². The monoisotopic (exact) mass is 262 g/mol. The highest BCUT2D eigenvalue weighted by Crippen LogP contribution is 2.17. The van der Waals surface area contributed by atoms with Crippen molar-refractivity contribution in [3.8, 4) is 0 Å². The fourth-order valence-corrected chi connectivity index (χ4v) is 2.42. The van der Waals surface area contributed by atoms with Gasteiger partial charge in [-0.1, -0.05) is 6.42 Å². The summed E-state index contributed by atoms with van der Waals surface area (Å²) in [7, 11) is 0. The van der Waals surface area contributed by atoms with Crippen molar-refractivity contribution in [1.82, 2.24) is 4.90 Å². The van der Waals surface area contributed by atoms with Crippen LogP contribution in [0.2, 0.25) is 0 Å². The molecule has 19 heavy (non-hydrogen) atoms. The molecule has 1 saturated heterocycles. The Labute approximate surface area is 113 Å². The zero-order chi connectivity index (χ0) is 13.7. The Balaban J connectivity index is 1.85. The molecule has 1 aliphatic heterocycles. The van der Waals surface area contributed by atoms with E-state index in [2.05, 4.69) is 10.2 Å². The number of hydrogen-bond donors (Lipinski definition) is 3. The van der Waals surface area contributed by atoms with Crippen molar-refractivity contribution in [2.24, 2.45) is 5.73 Å². The van der Waals surface area contributed by atoms with Crippen molar-refractivity contribution in [3.63, 3.8) is 0 Å². The average Bonchev–Trinajstić information content (AvgIpc) is 2.41. The molecule has 1 aromatic carbocycles. The van der Waals surface area contributed by atoms with Crippen molar-refractivity contribution in [1.29, 1.82) is 0 Å². The molecule has 0 unspecified atom stereocenters. The molecule has 0 atom stereocenters. The Morgan fingerprint density at radius 3 is 2.68 bits per heavy atom. The quantitative estimate of drug-likeness (QED) is 0.698. The second kappa shape index (κ2) is 6.43. The van der Waals surface area contributed by atoms with Gasteiger partial charge < -0.3 is 21.7 Å². The number of likely N-dealkylation sites (tertiary alicyclic amines) is 1. The molecule has 1 amide bonds. The Morgan fingerprint density at radius 2 is 2.00 bits per heavy atom. The Bertz CT molecular complexity index is 441. The van der Waals surface area contributed by atoms with Crippen LogP contribution in [0.25, 0.3) is 0 Å². The summed E-state index contributed by atoms with van der Waals surface area (Å²) in [6.07, 6.45) is 3.95. The number of benzene rings is 1.